The molecule has 7 nitrogen and oxygen atoms in total. The van der Waals surface area contributed by atoms with E-state index in [4.69, 9.17) is 5.73 Å². The molecule has 0 saturated heterocycles. The Bertz CT molecular complexity index is 409. The Morgan fingerprint density at radius 2 is 1.87 bits per heavy atom. The van der Waals surface area contributed by atoms with Crippen molar-refractivity contribution < 1.29 is 19.5 Å². The van der Waals surface area contributed by atoms with Gasteiger partial charge in [0.05, 0.1) is 6.04 Å². The second kappa shape index (κ2) is 11.6. The SMILES string of the molecule is CCC(C)C(NC(=O)C(CS)NC(=O)C(N)CCSC)C(=O)O. The second-order valence-corrected chi connectivity index (χ2v) is 6.69. The number of thioether (sulfide) groups is 1. The summed E-state index contributed by atoms with van der Waals surface area (Å²) in [7, 11) is 0. The van der Waals surface area contributed by atoms with E-state index in [9.17, 15) is 19.5 Å². The number of hydrogen-bond acceptors (Lipinski definition) is 6. The molecule has 0 heterocycles. The van der Waals surface area contributed by atoms with Gasteiger partial charge in [-0.3, -0.25) is 9.59 Å². The fraction of sp³-hybridized carbons (Fsp3) is 0.786. The van der Waals surface area contributed by atoms with Gasteiger partial charge in [0.15, 0.2) is 0 Å². The van der Waals surface area contributed by atoms with Gasteiger partial charge in [-0.05, 0) is 24.3 Å². The van der Waals surface area contributed by atoms with Gasteiger partial charge in [0, 0.05) is 5.75 Å². The number of nitrogens with two attached hydrogens (primary N) is 1. The first-order chi connectivity index (χ1) is 10.8. The van der Waals surface area contributed by atoms with Crippen LogP contribution in [-0.4, -0.2) is 58.8 Å². The second-order valence-electron chi connectivity index (χ2n) is 5.34. The average Bonchev–Trinajstić information content (AvgIpc) is 2.53. The van der Waals surface area contributed by atoms with Gasteiger partial charge in [0.25, 0.3) is 0 Å². The van der Waals surface area contributed by atoms with E-state index in [1.54, 1.807) is 18.7 Å². The number of thiol groups is 1. The first-order valence-electron chi connectivity index (χ1n) is 7.47. The lowest BCUT2D eigenvalue weighted by Crippen LogP contribution is -2.56. The molecule has 0 aliphatic heterocycles. The average molecular weight is 366 g/mol. The zero-order valence-corrected chi connectivity index (χ0v) is 15.5. The zero-order chi connectivity index (χ0) is 18.0. The van der Waals surface area contributed by atoms with Crippen LogP contribution < -0.4 is 16.4 Å². The molecule has 0 rings (SSSR count). The molecule has 0 aromatic heterocycles. The molecule has 0 aliphatic carbocycles. The predicted molar refractivity (Wildman–Crippen MR) is 95.8 cm³/mol. The molecule has 0 radical (unpaired) electrons. The third-order valence-electron chi connectivity index (χ3n) is 3.56. The van der Waals surface area contributed by atoms with Crippen molar-refractivity contribution in [3.8, 4) is 0 Å². The number of rotatable bonds is 11. The Hall–Kier alpha value is -0.930. The lowest BCUT2D eigenvalue weighted by Gasteiger charge is -2.24. The highest BCUT2D eigenvalue weighted by molar-refractivity contribution is 7.98. The number of amides is 2. The highest BCUT2D eigenvalue weighted by Gasteiger charge is 2.29. The maximum atomic E-state index is 12.2. The van der Waals surface area contributed by atoms with Crippen molar-refractivity contribution in [3.05, 3.63) is 0 Å². The molecular weight excluding hydrogens is 338 g/mol. The standard InChI is InChI=1S/C14H27N3O4S2/c1-4-8(2)11(14(20)21)17-13(19)10(7-22)16-12(18)9(15)5-6-23-3/h8-11,22H,4-7,15H2,1-3H3,(H,16,18)(H,17,19)(H,20,21). The summed E-state index contributed by atoms with van der Waals surface area (Å²) in [5.41, 5.74) is 5.75. The van der Waals surface area contributed by atoms with E-state index >= 15 is 0 Å². The lowest BCUT2D eigenvalue weighted by molar-refractivity contribution is -0.143. The minimum Gasteiger partial charge on any atom is -0.480 e. The van der Waals surface area contributed by atoms with Crippen LogP contribution in [0.15, 0.2) is 0 Å². The molecule has 2 amide bonds. The van der Waals surface area contributed by atoms with Crippen LogP contribution in [0.25, 0.3) is 0 Å². The van der Waals surface area contributed by atoms with E-state index in [1.165, 1.54) is 0 Å². The zero-order valence-electron chi connectivity index (χ0n) is 13.7. The molecule has 4 unspecified atom stereocenters. The fourth-order valence-corrected chi connectivity index (χ4v) is 2.53. The van der Waals surface area contributed by atoms with Crippen LogP contribution in [0.1, 0.15) is 26.7 Å². The van der Waals surface area contributed by atoms with Crippen LogP contribution in [0.5, 0.6) is 0 Å². The van der Waals surface area contributed by atoms with Gasteiger partial charge in [-0.2, -0.15) is 24.4 Å². The van der Waals surface area contributed by atoms with E-state index < -0.39 is 35.9 Å². The van der Waals surface area contributed by atoms with Gasteiger partial charge in [-0.1, -0.05) is 20.3 Å². The van der Waals surface area contributed by atoms with Crippen LogP contribution >= 0.6 is 24.4 Å². The normalized spacial score (nSPS) is 16.0. The lowest BCUT2D eigenvalue weighted by atomic mass is 9.99. The van der Waals surface area contributed by atoms with Crippen molar-refractivity contribution >= 4 is 42.2 Å². The highest BCUT2D eigenvalue weighted by Crippen LogP contribution is 2.08. The summed E-state index contributed by atoms with van der Waals surface area (Å²) in [5, 5.41) is 14.2. The van der Waals surface area contributed by atoms with Gasteiger partial charge in [-0.15, -0.1) is 0 Å². The third-order valence-corrected chi connectivity index (χ3v) is 4.57. The van der Waals surface area contributed by atoms with E-state index in [-0.39, 0.29) is 11.7 Å². The van der Waals surface area contributed by atoms with Gasteiger partial charge in [-0.25, -0.2) is 4.79 Å². The summed E-state index contributed by atoms with van der Waals surface area (Å²) in [5.74, 6) is -1.55. The van der Waals surface area contributed by atoms with Crippen molar-refractivity contribution in [2.24, 2.45) is 11.7 Å². The minimum absolute atomic E-state index is 0.0552. The number of carbonyl (C=O) groups is 3. The highest BCUT2D eigenvalue weighted by atomic mass is 32.2. The molecule has 4 atom stereocenters. The quantitative estimate of drug-likeness (QED) is 0.331. The van der Waals surface area contributed by atoms with Gasteiger partial charge < -0.3 is 21.5 Å². The molecular formula is C14H27N3O4S2. The number of nitrogens with one attached hydrogen (secondary N) is 2. The van der Waals surface area contributed by atoms with Gasteiger partial charge in [0.2, 0.25) is 11.8 Å². The summed E-state index contributed by atoms with van der Waals surface area (Å²) in [6, 6.07) is -2.63. The van der Waals surface area contributed by atoms with E-state index in [2.05, 4.69) is 23.3 Å². The fourth-order valence-electron chi connectivity index (χ4n) is 1.79. The number of carboxylic acid groups (broad SMARTS) is 1. The van der Waals surface area contributed by atoms with Crippen LogP contribution in [0.2, 0.25) is 0 Å². The summed E-state index contributed by atoms with van der Waals surface area (Å²) in [6.07, 6.45) is 3.02. The number of carbonyl (C=O) groups excluding carboxylic acids is 2. The largest absolute Gasteiger partial charge is 0.480 e. The van der Waals surface area contributed by atoms with Crippen molar-refractivity contribution in [1.82, 2.24) is 10.6 Å². The van der Waals surface area contributed by atoms with E-state index in [1.807, 2.05) is 13.2 Å². The first-order valence-corrected chi connectivity index (χ1v) is 9.49. The van der Waals surface area contributed by atoms with Crippen molar-refractivity contribution in [2.45, 2.75) is 44.8 Å². The summed E-state index contributed by atoms with van der Waals surface area (Å²) >= 11 is 5.63. The molecule has 0 saturated carbocycles. The van der Waals surface area contributed by atoms with Crippen LogP contribution in [0, 0.1) is 5.92 Å². The summed E-state index contributed by atoms with van der Waals surface area (Å²) in [4.78, 5) is 35.4. The topological polar surface area (TPSA) is 122 Å². The number of hydrogen-bond donors (Lipinski definition) is 5. The third kappa shape index (κ3) is 7.94. The van der Waals surface area contributed by atoms with Crippen LogP contribution in [-0.2, 0) is 14.4 Å². The Kier molecular flexibility index (Phi) is 11.1. The molecule has 134 valence electrons. The Balaban J connectivity index is 4.73. The van der Waals surface area contributed by atoms with Crippen molar-refractivity contribution in [1.29, 1.82) is 0 Å². The molecule has 0 fully saturated rings. The minimum atomic E-state index is -1.10. The molecule has 0 bridgehead atoms. The van der Waals surface area contributed by atoms with Gasteiger partial charge in [0.1, 0.15) is 12.1 Å². The predicted octanol–water partition coefficient (Wildman–Crippen LogP) is 0.0969. The van der Waals surface area contributed by atoms with Gasteiger partial charge >= 0.3 is 5.97 Å². The molecule has 0 aliphatic rings. The Labute approximate surface area is 146 Å². The summed E-state index contributed by atoms with van der Waals surface area (Å²) < 4.78 is 0. The Morgan fingerprint density at radius 3 is 2.30 bits per heavy atom. The molecule has 0 aromatic rings. The van der Waals surface area contributed by atoms with E-state index in [0.717, 1.165) is 5.75 Å². The first kappa shape index (κ1) is 22.1. The molecule has 0 spiro atoms. The maximum absolute atomic E-state index is 12.2. The summed E-state index contributed by atoms with van der Waals surface area (Å²) in [6.45, 7) is 3.58. The van der Waals surface area contributed by atoms with Crippen LogP contribution in [0.3, 0.4) is 0 Å². The monoisotopic (exact) mass is 365 g/mol. The molecule has 23 heavy (non-hydrogen) atoms. The maximum Gasteiger partial charge on any atom is 0.326 e. The van der Waals surface area contributed by atoms with Crippen molar-refractivity contribution in [2.75, 3.05) is 17.8 Å². The number of aliphatic carboxylic acids is 1. The number of carboxylic acids is 1. The molecule has 0 aromatic carbocycles. The van der Waals surface area contributed by atoms with Crippen LogP contribution in [0.4, 0.5) is 0 Å². The molecule has 9 heteroatoms. The van der Waals surface area contributed by atoms with E-state index in [0.29, 0.717) is 12.8 Å². The smallest absolute Gasteiger partial charge is 0.326 e. The Morgan fingerprint density at radius 1 is 1.26 bits per heavy atom. The molecule has 5 N–H and O–H groups in total. The van der Waals surface area contributed by atoms with Crippen molar-refractivity contribution in [3.63, 3.8) is 0 Å².